The monoisotopic (exact) mass is 255 g/mol. The number of nitrogens with zero attached hydrogens (tertiary/aromatic N) is 1. The van der Waals surface area contributed by atoms with Crippen LogP contribution in [0, 0.1) is 0 Å². The molecule has 1 fully saturated rings. The van der Waals surface area contributed by atoms with Crippen molar-refractivity contribution in [3.63, 3.8) is 0 Å². The Morgan fingerprint density at radius 1 is 1.76 bits per heavy atom. The molecule has 5 heteroatoms. The first-order chi connectivity index (χ1) is 7.85. The molecule has 0 aliphatic carbocycles. The van der Waals surface area contributed by atoms with E-state index in [1.165, 1.54) is 0 Å². The molecule has 17 heavy (non-hydrogen) atoms. The fraction of sp³-hybridized carbons (Fsp3) is 0.667. The van der Waals surface area contributed by atoms with E-state index in [4.69, 9.17) is 12.2 Å². The Balaban J connectivity index is 2.56. The van der Waals surface area contributed by atoms with E-state index >= 15 is 0 Å². The van der Waals surface area contributed by atoms with Gasteiger partial charge < -0.3 is 15.5 Å². The van der Waals surface area contributed by atoms with E-state index in [1.54, 1.807) is 6.08 Å². The van der Waals surface area contributed by atoms with Crippen LogP contribution in [0.3, 0.4) is 0 Å². The summed E-state index contributed by atoms with van der Waals surface area (Å²) in [4.78, 5) is 13.6. The van der Waals surface area contributed by atoms with Crippen LogP contribution in [0.1, 0.15) is 27.2 Å². The lowest BCUT2D eigenvalue weighted by Gasteiger charge is -2.44. The Kier molecular flexibility index (Phi) is 4.51. The Labute approximate surface area is 108 Å². The van der Waals surface area contributed by atoms with Gasteiger partial charge in [-0.15, -0.1) is 6.58 Å². The maximum Gasteiger partial charge on any atom is 0.239 e. The largest absolute Gasteiger partial charge is 0.358 e. The van der Waals surface area contributed by atoms with Gasteiger partial charge in [0.1, 0.15) is 0 Å². The Morgan fingerprint density at radius 3 is 2.94 bits per heavy atom. The van der Waals surface area contributed by atoms with Crippen molar-refractivity contribution in [2.24, 2.45) is 0 Å². The van der Waals surface area contributed by atoms with Crippen molar-refractivity contribution in [3.8, 4) is 0 Å². The lowest BCUT2D eigenvalue weighted by Crippen LogP contribution is -2.61. The van der Waals surface area contributed by atoms with Crippen LogP contribution in [-0.4, -0.2) is 40.6 Å². The average Bonchev–Trinajstić information content (AvgIpc) is 2.19. The van der Waals surface area contributed by atoms with E-state index in [1.807, 2.05) is 4.90 Å². The van der Waals surface area contributed by atoms with Crippen LogP contribution >= 0.6 is 12.2 Å². The molecule has 0 spiro atoms. The van der Waals surface area contributed by atoms with Crippen LogP contribution in [-0.2, 0) is 4.79 Å². The van der Waals surface area contributed by atoms with Gasteiger partial charge in [0.25, 0.3) is 0 Å². The number of rotatable bonds is 4. The second-order valence-corrected chi connectivity index (χ2v) is 5.47. The number of carbonyl (C=O) groups is 1. The van der Waals surface area contributed by atoms with Gasteiger partial charge in [-0.3, -0.25) is 4.79 Å². The van der Waals surface area contributed by atoms with Crippen molar-refractivity contribution in [2.45, 2.75) is 38.8 Å². The topological polar surface area (TPSA) is 44.4 Å². The summed E-state index contributed by atoms with van der Waals surface area (Å²) in [5.74, 6) is -0.0272. The molecule has 0 aromatic carbocycles. The number of carbonyl (C=O) groups excluding carboxylic acids is 1. The van der Waals surface area contributed by atoms with Crippen LogP contribution in [0.25, 0.3) is 0 Å². The Hall–Kier alpha value is -1.10. The summed E-state index contributed by atoms with van der Waals surface area (Å²) in [5, 5.41) is 6.67. The zero-order valence-corrected chi connectivity index (χ0v) is 11.6. The molecule has 4 nitrogen and oxygen atoms in total. The number of hydrogen-bond acceptors (Lipinski definition) is 2. The quantitative estimate of drug-likeness (QED) is 0.582. The van der Waals surface area contributed by atoms with E-state index in [-0.39, 0.29) is 17.5 Å². The molecule has 1 saturated heterocycles. The summed E-state index contributed by atoms with van der Waals surface area (Å²) in [6.45, 7) is 10.7. The van der Waals surface area contributed by atoms with Crippen molar-refractivity contribution in [1.29, 1.82) is 0 Å². The Morgan fingerprint density at radius 2 is 2.41 bits per heavy atom. The van der Waals surface area contributed by atoms with Gasteiger partial charge in [-0.2, -0.15) is 0 Å². The smallest absolute Gasteiger partial charge is 0.239 e. The summed E-state index contributed by atoms with van der Waals surface area (Å²) in [6, 6.07) is 0.272. The summed E-state index contributed by atoms with van der Waals surface area (Å²) in [5.41, 5.74) is 0.00456. The molecule has 0 saturated carbocycles. The van der Waals surface area contributed by atoms with Crippen molar-refractivity contribution in [3.05, 3.63) is 12.7 Å². The predicted octanol–water partition coefficient (Wildman–Crippen LogP) is 1.04. The number of amides is 1. The van der Waals surface area contributed by atoms with Crippen molar-refractivity contribution < 1.29 is 4.79 Å². The van der Waals surface area contributed by atoms with Gasteiger partial charge in [0.2, 0.25) is 5.91 Å². The first-order valence-electron chi connectivity index (χ1n) is 5.82. The van der Waals surface area contributed by atoms with Crippen LogP contribution in [0.5, 0.6) is 0 Å². The van der Waals surface area contributed by atoms with E-state index < -0.39 is 0 Å². The molecule has 1 aliphatic rings. The molecule has 0 unspecified atom stereocenters. The second kappa shape index (κ2) is 5.49. The molecule has 0 aromatic rings. The fourth-order valence-corrected chi connectivity index (χ4v) is 2.61. The van der Waals surface area contributed by atoms with Gasteiger partial charge >= 0.3 is 0 Å². The molecular formula is C12H21N3OS. The number of nitrogens with one attached hydrogen (secondary N) is 2. The first kappa shape index (κ1) is 14.0. The summed E-state index contributed by atoms with van der Waals surface area (Å²) >= 11 is 5.30. The second-order valence-electron chi connectivity index (χ2n) is 5.09. The van der Waals surface area contributed by atoms with E-state index in [2.05, 4.69) is 38.0 Å². The maximum absolute atomic E-state index is 11.6. The van der Waals surface area contributed by atoms with E-state index in [0.717, 1.165) is 6.42 Å². The van der Waals surface area contributed by atoms with Crippen molar-refractivity contribution in [2.75, 3.05) is 13.1 Å². The van der Waals surface area contributed by atoms with Crippen molar-refractivity contribution in [1.82, 2.24) is 15.5 Å². The predicted molar refractivity (Wildman–Crippen MR) is 73.8 cm³/mol. The molecule has 1 aliphatic heterocycles. The minimum Gasteiger partial charge on any atom is -0.358 e. The summed E-state index contributed by atoms with van der Waals surface area (Å²) in [7, 11) is 0. The molecule has 1 amide bonds. The molecule has 96 valence electrons. The molecule has 1 rings (SSSR count). The van der Waals surface area contributed by atoms with Crippen LogP contribution in [0.4, 0.5) is 0 Å². The lowest BCUT2D eigenvalue weighted by atomic mass is 9.93. The van der Waals surface area contributed by atoms with Gasteiger partial charge in [-0.05, 0) is 39.4 Å². The zero-order chi connectivity index (χ0) is 13.1. The van der Waals surface area contributed by atoms with Gasteiger partial charge in [0.15, 0.2) is 5.11 Å². The highest BCUT2D eigenvalue weighted by atomic mass is 32.1. The molecule has 1 atom stereocenters. The summed E-state index contributed by atoms with van der Waals surface area (Å²) in [6.07, 6.45) is 2.62. The van der Waals surface area contributed by atoms with Gasteiger partial charge in [0.05, 0.1) is 6.54 Å². The normalized spacial score (nSPS) is 22.9. The molecular weight excluding hydrogens is 234 g/mol. The van der Waals surface area contributed by atoms with E-state index in [9.17, 15) is 4.79 Å². The van der Waals surface area contributed by atoms with E-state index in [0.29, 0.717) is 18.2 Å². The highest BCUT2D eigenvalue weighted by molar-refractivity contribution is 7.80. The van der Waals surface area contributed by atoms with Gasteiger partial charge in [-0.25, -0.2) is 0 Å². The van der Waals surface area contributed by atoms with Gasteiger partial charge in [0, 0.05) is 18.1 Å². The molecule has 0 bridgehead atoms. The third-order valence-electron chi connectivity index (χ3n) is 2.80. The number of thiocarbonyl (C=S) groups is 1. The van der Waals surface area contributed by atoms with Crippen LogP contribution in [0.2, 0.25) is 0 Å². The van der Waals surface area contributed by atoms with Crippen LogP contribution < -0.4 is 10.6 Å². The number of hydrogen-bond donors (Lipinski definition) is 2. The third-order valence-corrected chi connectivity index (χ3v) is 3.14. The fourth-order valence-electron chi connectivity index (χ4n) is 2.09. The highest BCUT2D eigenvalue weighted by Gasteiger charge is 2.33. The Bertz CT molecular complexity index is 328. The average molecular weight is 255 g/mol. The standard InChI is InChI=1S/C12H21N3OS/c1-5-6-13-10(16)8-15-9(2)7-12(3,4)14-11(15)17/h5,9H,1,6-8H2,2-4H3,(H,13,16)(H,14,17)/t9-/m0/s1. The van der Waals surface area contributed by atoms with Crippen LogP contribution in [0.15, 0.2) is 12.7 Å². The summed E-state index contributed by atoms with van der Waals surface area (Å²) < 4.78 is 0. The first-order valence-corrected chi connectivity index (χ1v) is 6.23. The maximum atomic E-state index is 11.6. The van der Waals surface area contributed by atoms with Crippen molar-refractivity contribution >= 4 is 23.2 Å². The van der Waals surface area contributed by atoms with Gasteiger partial charge in [-0.1, -0.05) is 6.08 Å². The third kappa shape index (κ3) is 4.00. The highest BCUT2D eigenvalue weighted by Crippen LogP contribution is 2.21. The minimum absolute atomic E-state index is 0.00456. The minimum atomic E-state index is -0.0272. The molecule has 1 heterocycles. The molecule has 2 N–H and O–H groups in total. The molecule has 0 aromatic heterocycles. The zero-order valence-electron chi connectivity index (χ0n) is 10.7. The molecule has 0 radical (unpaired) electrons. The lowest BCUT2D eigenvalue weighted by molar-refractivity contribution is -0.121. The SMILES string of the molecule is C=CCNC(=O)CN1C(=S)NC(C)(C)C[C@@H]1C.